The summed E-state index contributed by atoms with van der Waals surface area (Å²) < 4.78 is 19.6. The molecular formula is C18H22FN3O. The molecule has 1 aliphatic rings. The van der Waals surface area contributed by atoms with Crippen LogP contribution in [0.25, 0.3) is 0 Å². The number of hydrazine groups is 1. The summed E-state index contributed by atoms with van der Waals surface area (Å²) in [6.07, 6.45) is 0. The van der Waals surface area contributed by atoms with E-state index >= 15 is 0 Å². The fourth-order valence-electron chi connectivity index (χ4n) is 2.60. The van der Waals surface area contributed by atoms with Gasteiger partial charge < -0.3 is 10.2 Å². The van der Waals surface area contributed by atoms with Gasteiger partial charge in [0.2, 0.25) is 0 Å². The van der Waals surface area contributed by atoms with Crippen LogP contribution in [0.2, 0.25) is 0 Å². The van der Waals surface area contributed by atoms with E-state index in [0.29, 0.717) is 13.1 Å². The fraction of sp³-hybridized carbons (Fsp3) is 0.333. The molecule has 2 N–H and O–H groups in total. The first kappa shape index (κ1) is 15.9. The number of nitrogens with one attached hydrogen (secondary N) is 2. The minimum Gasteiger partial charge on any atom is -0.379 e. The van der Waals surface area contributed by atoms with Gasteiger partial charge in [-0.1, -0.05) is 30.3 Å². The quantitative estimate of drug-likeness (QED) is 0.804. The maximum atomic E-state index is 14.2. The number of benzene rings is 2. The highest BCUT2D eigenvalue weighted by Crippen LogP contribution is 2.14. The second kappa shape index (κ2) is 8.06. The van der Waals surface area contributed by atoms with Gasteiger partial charge in [-0.05, 0) is 23.8 Å². The Kier molecular flexibility index (Phi) is 5.58. The van der Waals surface area contributed by atoms with Gasteiger partial charge in [-0.25, -0.2) is 9.82 Å². The molecule has 0 amide bonds. The zero-order valence-corrected chi connectivity index (χ0v) is 13.1. The molecule has 122 valence electrons. The molecule has 23 heavy (non-hydrogen) atoms. The molecule has 0 atom stereocenters. The molecule has 2 aromatic carbocycles. The number of nitrogens with zero attached hydrogens (tertiary/aromatic N) is 1. The summed E-state index contributed by atoms with van der Waals surface area (Å²) >= 11 is 0. The minimum atomic E-state index is -0.143. The Labute approximate surface area is 136 Å². The Balaban J connectivity index is 1.52. The Morgan fingerprint density at radius 3 is 2.57 bits per heavy atom. The lowest BCUT2D eigenvalue weighted by Crippen LogP contribution is -2.35. The molecule has 5 heteroatoms. The lowest BCUT2D eigenvalue weighted by Gasteiger charge is -2.26. The van der Waals surface area contributed by atoms with E-state index in [0.717, 1.165) is 43.1 Å². The van der Waals surface area contributed by atoms with E-state index in [1.54, 1.807) is 6.07 Å². The average Bonchev–Trinajstić information content (AvgIpc) is 2.59. The number of rotatable bonds is 6. The number of hydrogen-bond donors (Lipinski definition) is 2. The second-order valence-electron chi connectivity index (χ2n) is 5.66. The van der Waals surface area contributed by atoms with Crippen LogP contribution < -0.4 is 10.9 Å². The van der Waals surface area contributed by atoms with Crippen LogP contribution in [0.5, 0.6) is 0 Å². The van der Waals surface area contributed by atoms with Crippen LogP contribution in [0.15, 0.2) is 48.5 Å². The number of hydrogen-bond acceptors (Lipinski definition) is 4. The smallest absolute Gasteiger partial charge is 0.128 e. The molecule has 1 fully saturated rings. The molecule has 0 saturated carbocycles. The van der Waals surface area contributed by atoms with E-state index in [4.69, 9.17) is 4.74 Å². The van der Waals surface area contributed by atoms with Crippen LogP contribution in [0.3, 0.4) is 0 Å². The number of halogens is 1. The van der Waals surface area contributed by atoms with Crippen molar-refractivity contribution in [2.75, 3.05) is 31.7 Å². The molecule has 1 heterocycles. The van der Waals surface area contributed by atoms with Gasteiger partial charge in [-0.3, -0.25) is 4.90 Å². The maximum absolute atomic E-state index is 14.2. The zero-order chi connectivity index (χ0) is 15.9. The molecule has 4 nitrogen and oxygen atoms in total. The van der Waals surface area contributed by atoms with Gasteiger partial charge in [-0.2, -0.15) is 0 Å². The van der Waals surface area contributed by atoms with Gasteiger partial charge >= 0.3 is 0 Å². The summed E-state index contributed by atoms with van der Waals surface area (Å²) in [7, 11) is 0. The molecule has 2 aromatic rings. The topological polar surface area (TPSA) is 36.5 Å². The molecule has 0 spiro atoms. The van der Waals surface area contributed by atoms with Crippen molar-refractivity contribution >= 4 is 5.69 Å². The first-order valence-corrected chi connectivity index (χ1v) is 7.92. The lowest BCUT2D eigenvalue weighted by atomic mass is 10.1. The zero-order valence-electron chi connectivity index (χ0n) is 13.1. The number of para-hydroxylation sites is 1. The van der Waals surface area contributed by atoms with Crippen molar-refractivity contribution in [2.45, 2.75) is 13.1 Å². The SMILES string of the molecule is Fc1cc(CNNc2ccccc2)ccc1CN1CCOCC1. The molecule has 0 unspecified atom stereocenters. The largest absolute Gasteiger partial charge is 0.379 e. The van der Waals surface area contributed by atoms with Crippen LogP contribution in [0.4, 0.5) is 10.1 Å². The first-order chi connectivity index (χ1) is 11.3. The van der Waals surface area contributed by atoms with Gasteiger partial charge in [0.25, 0.3) is 0 Å². The number of morpholine rings is 1. The highest BCUT2D eigenvalue weighted by atomic mass is 19.1. The highest BCUT2D eigenvalue weighted by Gasteiger charge is 2.13. The number of ether oxygens (including phenoxy) is 1. The lowest BCUT2D eigenvalue weighted by molar-refractivity contribution is 0.0337. The summed E-state index contributed by atoms with van der Waals surface area (Å²) in [5.41, 5.74) is 8.84. The first-order valence-electron chi connectivity index (χ1n) is 7.92. The summed E-state index contributed by atoms with van der Waals surface area (Å²) in [5, 5.41) is 0. The van der Waals surface area contributed by atoms with Crippen LogP contribution in [0, 0.1) is 5.82 Å². The highest BCUT2D eigenvalue weighted by molar-refractivity contribution is 5.41. The molecule has 0 aromatic heterocycles. The van der Waals surface area contributed by atoms with Gasteiger partial charge in [0.05, 0.1) is 13.2 Å². The van der Waals surface area contributed by atoms with Crippen LogP contribution in [-0.2, 0) is 17.8 Å². The third-order valence-corrected chi connectivity index (χ3v) is 3.91. The third-order valence-electron chi connectivity index (χ3n) is 3.91. The summed E-state index contributed by atoms with van der Waals surface area (Å²) in [6, 6.07) is 15.3. The van der Waals surface area contributed by atoms with E-state index in [-0.39, 0.29) is 5.82 Å². The maximum Gasteiger partial charge on any atom is 0.128 e. The van der Waals surface area contributed by atoms with E-state index in [1.807, 2.05) is 42.5 Å². The van der Waals surface area contributed by atoms with Crippen LogP contribution >= 0.6 is 0 Å². The Morgan fingerprint density at radius 1 is 1.04 bits per heavy atom. The Bertz CT molecular complexity index is 615. The van der Waals surface area contributed by atoms with E-state index in [2.05, 4.69) is 15.8 Å². The van der Waals surface area contributed by atoms with Crippen molar-refractivity contribution in [3.8, 4) is 0 Å². The Morgan fingerprint density at radius 2 is 1.83 bits per heavy atom. The third kappa shape index (κ3) is 4.76. The summed E-state index contributed by atoms with van der Waals surface area (Å²) in [6.45, 7) is 4.39. The fourth-order valence-corrected chi connectivity index (χ4v) is 2.60. The van der Waals surface area contributed by atoms with Gasteiger partial charge in [0.1, 0.15) is 5.82 Å². The van der Waals surface area contributed by atoms with E-state index < -0.39 is 0 Å². The molecule has 0 bridgehead atoms. The molecule has 1 saturated heterocycles. The second-order valence-corrected chi connectivity index (χ2v) is 5.66. The molecule has 0 aliphatic carbocycles. The van der Waals surface area contributed by atoms with E-state index in [1.165, 1.54) is 0 Å². The average molecular weight is 315 g/mol. The molecule has 0 radical (unpaired) electrons. The molecular weight excluding hydrogens is 293 g/mol. The predicted octanol–water partition coefficient (Wildman–Crippen LogP) is 2.77. The normalized spacial score (nSPS) is 15.5. The summed E-state index contributed by atoms with van der Waals surface area (Å²) in [5.74, 6) is -0.143. The number of anilines is 1. The van der Waals surface area contributed by atoms with Crippen molar-refractivity contribution in [2.24, 2.45) is 0 Å². The van der Waals surface area contributed by atoms with Crippen molar-refractivity contribution < 1.29 is 9.13 Å². The van der Waals surface area contributed by atoms with Crippen molar-refractivity contribution in [1.82, 2.24) is 10.3 Å². The van der Waals surface area contributed by atoms with Gasteiger partial charge in [-0.15, -0.1) is 0 Å². The van der Waals surface area contributed by atoms with Crippen LogP contribution in [0.1, 0.15) is 11.1 Å². The van der Waals surface area contributed by atoms with Gasteiger partial charge in [0.15, 0.2) is 0 Å². The Hall–Kier alpha value is -1.95. The van der Waals surface area contributed by atoms with Crippen molar-refractivity contribution in [3.63, 3.8) is 0 Å². The standard InChI is InChI=1S/C18H22FN3O/c19-18-12-15(13-20-21-17-4-2-1-3-5-17)6-7-16(18)14-22-8-10-23-11-9-22/h1-7,12,20-21H,8-11,13-14H2. The molecule has 3 rings (SSSR count). The minimum absolute atomic E-state index is 0.143. The van der Waals surface area contributed by atoms with Crippen molar-refractivity contribution in [3.05, 3.63) is 65.5 Å². The summed E-state index contributed by atoms with van der Waals surface area (Å²) in [4.78, 5) is 2.22. The monoisotopic (exact) mass is 315 g/mol. The van der Waals surface area contributed by atoms with E-state index in [9.17, 15) is 4.39 Å². The predicted molar refractivity (Wildman–Crippen MR) is 89.4 cm³/mol. The van der Waals surface area contributed by atoms with Gasteiger partial charge in [0, 0.05) is 37.4 Å². The molecule has 1 aliphatic heterocycles. The van der Waals surface area contributed by atoms with Crippen molar-refractivity contribution in [1.29, 1.82) is 0 Å². The van der Waals surface area contributed by atoms with Crippen LogP contribution in [-0.4, -0.2) is 31.2 Å².